The molecular weight excluding hydrogens is 362 g/mol. The minimum atomic E-state index is -1.00. The SMILES string of the molecule is CCCN(CCC)C(=O)C(C)(C)C(=O)N1CCN(C/C=C/c2ccccc2)CC1. The van der Waals surface area contributed by atoms with Gasteiger partial charge in [0.05, 0.1) is 0 Å². The summed E-state index contributed by atoms with van der Waals surface area (Å²) in [6.07, 6.45) is 6.12. The fourth-order valence-corrected chi connectivity index (χ4v) is 3.77. The van der Waals surface area contributed by atoms with Crippen molar-refractivity contribution in [2.24, 2.45) is 5.41 Å². The van der Waals surface area contributed by atoms with E-state index in [0.717, 1.165) is 32.5 Å². The first-order valence-corrected chi connectivity index (χ1v) is 10.9. The lowest BCUT2D eigenvalue weighted by molar-refractivity contribution is -0.155. The van der Waals surface area contributed by atoms with Gasteiger partial charge in [-0.05, 0) is 32.3 Å². The molecule has 1 fully saturated rings. The van der Waals surface area contributed by atoms with Crippen LogP contribution in [0.1, 0.15) is 46.1 Å². The number of nitrogens with zero attached hydrogens (tertiary/aromatic N) is 3. The van der Waals surface area contributed by atoms with Crippen LogP contribution in [0.25, 0.3) is 6.08 Å². The number of hydrogen-bond acceptors (Lipinski definition) is 3. The minimum absolute atomic E-state index is 0.0422. The molecule has 0 atom stereocenters. The molecule has 0 spiro atoms. The first-order valence-electron chi connectivity index (χ1n) is 10.9. The summed E-state index contributed by atoms with van der Waals surface area (Å²) in [4.78, 5) is 32.2. The third-order valence-electron chi connectivity index (χ3n) is 5.48. The molecule has 1 heterocycles. The van der Waals surface area contributed by atoms with E-state index < -0.39 is 5.41 Å². The summed E-state index contributed by atoms with van der Waals surface area (Å²) < 4.78 is 0. The van der Waals surface area contributed by atoms with Crippen LogP contribution in [-0.4, -0.2) is 72.3 Å². The molecule has 1 aromatic rings. The molecular formula is C24H37N3O2. The highest BCUT2D eigenvalue weighted by molar-refractivity contribution is 6.04. The summed E-state index contributed by atoms with van der Waals surface area (Å²) in [5.74, 6) is -0.0846. The molecule has 1 aromatic carbocycles. The van der Waals surface area contributed by atoms with Crippen LogP contribution in [0.4, 0.5) is 0 Å². The highest BCUT2D eigenvalue weighted by Crippen LogP contribution is 2.24. The predicted molar refractivity (Wildman–Crippen MR) is 119 cm³/mol. The van der Waals surface area contributed by atoms with Gasteiger partial charge >= 0.3 is 0 Å². The van der Waals surface area contributed by atoms with Crippen LogP contribution < -0.4 is 0 Å². The van der Waals surface area contributed by atoms with Gasteiger partial charge in [0.25, 0.3) is 0 Å². The molecule has 2 rings (SSSR count). The Hall–Kier alpha value is -2.14. The Bertz CT molecular complexity index is 671. The summed E-state index contributed by atoms with van der Waals surface area (Å²) in [6, 6.07) is 10.3. The minimum Gasteiger partial charge on any atom is -0.342 e. The molecule has 0 N–H and O–H groups in total. The van der Waals surface area contributed by atoms with Gasteiger partial charge in [-0.2, -0.15) is 0 Å². The smallest absolute Gasteiger partial charge is 0.237 e. The molecule has 1 saturated heterocycles. The topological polar surface area (TPSA) is 43.9 Å². The van der Waals surface area contributed by atoms with E-state index in [-0.39, 0.29) is 11.8 Å². The maximum absolute atomic E-state index is 13.1. The molecule has 160 valence electrons. The Labute approximate surface area is 176 Å². The monoisotopic (exact) mass is 399 g/mol. The van der Waals surface area contributed by atoms with Gasteiger partial charge < -0.3 is 9.80 Å². The van der Waals surface area contributed by atoms with E-state index in [1.807, 2.05) is 28.0 Å². The lowest BCUT2D eigenvalue weighted by Crippen LogP contribution is -2.56. The molecule has 5 nitrogen and oxygen atoms in total. The maximum atomic E-state index is 13.1. The van der Waals surface area contributed by atoms with Gasteiger partial charge in [0.15, 0.2) is 0 Å². The third kappa shape index (κ3) is 6.43. The second kappa shape index (κ2) is 11.1. The highest BCUT2D eigenvalue weighted by atomic mass is 16.2. The molecule has 2 amide bonds. The summed E-state index contributed by atoms with van der Waals surface area (Å²) in [7, 11) is 0. The van der Waals surface area contributed by atoms with Crippen LogP contribution >= 0.6 is 0 Å². The first-order chi connectivity index (χ1) is 13.9. The van der Waals surface area contributed by atoms with Crippen molar-refractivity contribution in [3.05, 3.63) is 42.0 Å². The molecule has 0 unspecified atom stereocenters. The molecule has 0 aliphatic carbocycles. The number of hydrogen-bond donors (Lipinski definition) is 0. The summed E-state index contributed by atoms with van der Waals surface area (Å²) in [5.41, 5.74) is 0.199. The van der Waals surface area contributed by atoms with Gasteiger partial charge in [0.1, 0.15) is 5.41 Å². The van der Waals surface area contributed by atoms with Crippen molar-refractivity contribution < 1.29 is 9.59 Å². The molecule has 1 aliphatic heterocycles. The number of amides is 2. The van der Waals surface area contributed by atoms with Gasteiger partial charge in [-0.15, -0.1) is 0 Å². The average Bonchev–Trinajstić information content (AvgIpc) is 2.74. The van der Waals surface area contributed by atoms with E-state index in [1.165, 1.54) is 5.56 Å². The lowest BCUT2D eigenvalue weighted by Gasteiger charge is -2.39. The highest BCUT2D eigenvalue weighted by Gasteiger charge is 2.42. The van der Waals surface area contributed by atoms with Gasteiger partial charge in [-0.25, -0.2) is 0 Å². The first kappa shape index (κ1) is 23.1. The second-order valence-corrected chi connectivity index (χ2v) is 8.32. The third-order valence-corrected chi connectivity index (χ3v) is 5.48. The largest absolute Gasteiger partial charge is 0.342 e. The zero-order valence-corrected chi connectivity index (χ0v) is 18.6. The Morgan fingerprint density at radius 2 is 1.59 bits per heavy atom. The number of benzene rings is 1. The fourth-order valence-electron chi connectivity index (χ4n) is 3.77. The van der Waals surface area contributed by atoms with Crippen molar-refractivity contribution >= 4 is 17.9 Å². The lowest BCUT2D eigenvalue weighted by atomic mass is 9.89. The van der Waals surface area contributed by atoms with Gasteiger partial charge in [0.2, 0.25) is 11.8 Å². The van der Waals surface area contributed by atoms with Crippen LogP contribution in [0.5, 0.6) is 0 Å². The van der Waals surface area contributed by atoms with Crippen LogP contribution in [0.3, 0.4) is 0 Å². The van der Waals surface area contributed by atoms with E-state index in [0.29, 0.717) is 26.2 Å². The van der Waals surface area contributed by atoms with Crippen LogP contribution in [0, 0.1) is 5.41 Å². The van der Waals surface area contributed by atoms with E-state index >= 15 is 0 Å². The maximum Gasteiger partial charge on any atom is 0.237 e. The quantitative estimate of drug-likeness (QED) is 0.597. The number of rotatable bonds is 9. The van der Waals surface area contributed by atoms with Crippen molar-refractivity contribution in [3.8, 4) is 0 Å². The zero-order valence-electron chi connectivity index (χ0n) is 18.6. The van der Waals surface area contributed by atoms with E-state index in [9.17, 15) is 9.59 Å². The van der Waals surface area contributed by atoms with E-state index in [2.05, 4.69) is 43.0 Å². The van der Waals surface area contributed by atoms with Crippen molar-refractivity contribution in [2.75, 3.05) is 45.8 Å². The standard InChI is InChI=1S/C24H37N3O2/c1-5-14-26(15-6-2)22(28)24(3,4)23(29)27-19-17-25(18-20-27)16-10-13-21-11-8-7-9-12-21/h7-13H,5-6,14-20H2,1-4H3/b13-10+. The molecule has 5 heteroatoms. The van der Waals surface area contributed by atoms with Crippen LogP contribution in [-0.2, 0) is 9.59 Å². The zero-order chi connectivity index (χ0) is 21.3. The summed E-state index contributed by atoms with van der Waals surface area (Å²) in [6.45, 7) is 13.0. The molecule has 29 heavy (non-hydrogen) atoms. The molecule has 0 saturated carbocycles. The molecule has 0 aromatic heterocycles. The Morgan fingerprint density at radius 3 is 2.14 bits per heavy atom. The van der Waals surface area contributed by atoms with Gasteiger partial charge in [-0.1, -0.05) is 56.3 Å². The Kier molecular flexibility index (Phi) is 8.90. The Balaban J connectivity index is 1.87. The summed E-state index contributed by atoms with van der Waals surface area (Å²) in [5, 5.41) is 0. The predicted octanol–water partition coefficient (Wildman–Crippen LogP) is 3.52. The number of carbonyl (C=O) groups is 2. The normalized spacial score (nSPS) is 15.7. The summed E-state index contributed by atoms with van der Waals surface area (Å²) >= 11 is 0. The second-order valence-electron chi connectivity index (χ2n) is 8.32. The fraction of sp³-hybridized carbons (Fsp3) is 0.583. The van der Waals surface area contributed by atoms with Crippen molar-refractivity contribution in [1.82, 2.24) is 14.7 Å². The number of piperazine rings is 1. The van der Waals surface area contributed by atoms with Gasteiger partial charge in [0, 0.05) is 45.8 Å². The Morgan fingerprint density at radius 1 is 1.00 bits per heavy atom. The average molecular weight is 400 g/mol. The molecule has 1 aliphatic rings. The van der Waals surface area contributed by atoms with Crippen molar-refractivity contribution in [1.29, 1.82) is 0 Å². The van der Waals surface area contributed by atoms with E-state index in [4.69, 9.17) is 0 Å². The van der Waals surface area contributed by atoms with E-state index in [1.54, 1.807) is 13.8 Å². The van der Waals surface area contributed by atoms with Crippen molar-refractivity contribution in [2.45, 2.75) is 40.5 Å². The van der Waals surface area contributed by atoms with Crippen LogP contribution in [0.15, 0.2) is 36.4 Å². The van der Waals surface area contributed by atoms with Crippen LogP contribution in [0.2, 0.25) is 0 Å². The number of carbonyl (C=O) groups excluding carboxylic acids is 2. The van der Waals surface area contributed by atoms with Crippen molar-refractivity contribution in [3.63, 3.8) is 0 Å². The molecule has 0 bridgehead atoms. The molecule has 0 radical (unpaired) electrons. The van der Waals surface area contributed by atoms with Gasteiger partial charge in [-0.3, -0.25) is 14.5 Å².